The summed E-state index contributed by atoms with van der Waals surface area (Å²) >= 11 is 0. The molecule has 0 aliphatic carbocycles. The van der Waals surface area contributed by atoms with Gasteiger partial charge in [-0.2, -0.15) is 0 Å². The molecule has 0 saturated carbocycles. The molecule has 1 aliphatic heterocycles. The van der Waals surface area contributed by atoms with E-state index >= 15 is 0 Å². The van der Waals surface area contributed by atoms with Crippen molar-refractivity contribution in [3.05, 3.63) is 0 Å². The number of hydrogen-bond acceptors (Lipinski definition) is 5. The molecule has 1 unspecified atom stereocenters. The quantitative estimate of drug-likeness (QED) is 0.715. The maximum Gasteiger partial charge on any atom is 0.327 e. The molecule has 0 bridgehead atoms. The third kappa shape index (κ3) is 4.44. The number of esters is 1. The highest BCUT2D eigenvalue weighted by molar-refractivity contribution is 5.80. The summed E-state index contributed by atoms with van der Waals surface area (Å²) in [6, 6.07) is 0.600. The van der Waals surface area contributed by atoms with E-state index in [9.17, 15) is 4.79 Å². The maximum atomic E-state index is 12.0. The first-order valence-electron chi connectivity index (χ1n) is 7.25. The molecule has 1 N–H and O–H groups in total. The lowest BCUT2D eigenvalue weighted by Crippen LogP contribution is -2.59. The third-order valence-electron chi connectivity index (χ3n) is 3.95. The fourth-order valence-corrected chi connectivity index (χ4v) is 2.42. The van der Waals surface area contributed by atoms with Gasteiger partial charge in [0, 0.05) is 38.8 Å². The van der Waals surface area contributed by atoms with E-state index < -0.39 is 5.54 Å². The Morgan fingerprint density at radius 3 is 2.32 bits per heavy atom. The van der Waals surface area contributed by atoms with E-state index in [0.29, 0.717) is 19.2 Å². The zero-order valence-electron chi connectivity index (χ0n) is 13.0. The second-order valence-corrected chi connectivity index (χ2v) is 5.71. The Balaban J connectivity index is 2.51. The molecule has 1 heterocycles. The predicted molar refractivity (Wildman–Crippen MR) is 77.2 cm³/mol. The molecule has 0 aromatic rings. The van der Waals surface area contributed by atoms with Crippen molar-refractivity contribution in [2.24, 2.45) is 0 Å². The van der Waals surface area contributed by atoms with Crippen molar-refractivity contribution < 1.29 is 9.53 Å². The van der Waals surface area contributed by atoms with Crippen molar-refractivity contribution in [3.8, 4) is 0 Å². The molecule has 112 valence electrons. The van der Waals surface area contributed by atoms with Crippen LogP contribution in [0.15, 0.2) is 0 Å². The molecule has 0 amide bonds. The standard InChI is InChI=1S/C14H29N3O2/c1-6-19-13(18)14(4,15-5)11-16-7-9-17(10-8-16)12(2)3/h12,15H,6-11H2,1-5H3. The fraction of sp³-hybridized carbons (Fsp3) is 0.929. The molecule has 1 rings (SSSR count). The lowest BCUT2D eigenvalue weighted by molar-refractivity contribution is -0.151. The number of rotatable bonds is 6. The van der Waals surface area contributed by atoms with Crippen LogP contribution < -0.4 is 5.32 Å². The summed E-state index contributed by atoms with van der Waals surface area (Å²) in [6.45, 7) is 13.5. The van der Waals surface area contributed by atoms with Crippen molar-refractivity contribution in [2.45, 2.75) is 39.3 Å². The van der Waals surface area contributed by atoms with Crippen LogP contribution in [0.2, 0.25) is 0 Å². The van der Waals surface area contributed by atoms with Gasteiger partial charge in [0.2, 0.25) is 0 Å². The van der Waals surface area contributed by atoms with Crippen molar-refractivity contribution in [1.29, 1.82) is 0 Å². The average molecular weight is 271 g/mol. The van der Waals surface area contributed by atoms with Crippen LogP contribution in [0.1, 0.15) is 27.7 Å². The normalized spacial score (nSPS) is 21.4. The van der Waals surface area contributed by atoms with Gasteiger partial charge in [-0.3, -0.25) is 14.6 Å². The zero-order valence-corrected chi connectivity index (χ0v) is 13.0. The van der Waals surface area contributed by atoms with Gasteiger partial charge in [0.25, 0.3) is 0 Å². The number of nitrogens with one attached hydrogen (secondary N) is 1. The Labute approximate surface area is 117 Å². The van der Waals surface area contributed by atoms with E-state index in [4.69, 9.17) is 4.74 Å². The molecule has 0 aromatic carbocycles. The SMILES string of the molecule is CCOC(=O)C(C)(CN1CCN(C(C)C)CC1)NC. The second-order valence-electron chi connectivity index (χ2n) is 5.71. The molecular formula is C14H29N3O2. The molecule has 0 aromatic heterocycles. The summed E-state index contributed by atoms with van der Waals surface area (Å²) in [6.07, 6.45) is 0. The molecule has 0 spiro atoms. The number of carbonyl (C=O) groups is 1. The Hall–Kier alpha value is -0.650. The van der Waals surface area contributed by atoms with Gasteiger partial charge in [0.05, 0.1) is 6.61 Å². The minimum Gasteiger partial charge on any atom is -0.465 e. The van der Waals surface area contributed by atoms with Gasteiger partial charge < -0.3 is 10.1 Å². The summed E-state index contributed by atoms with van der Waals surface area (Å²) in [7, 11) is 1.82. The van der Waals surface area contributed by atoms with Crippen LogP contribution in [-0.2, 0) is 9.53 Å². The molecule has 5 nitrogen and oxygen atoms in total. The van der Waals surface area contributed by atoms with E-state index in [2.05, 4.69) is 29.0 Å². The molecule has 1 atom stereocenters. The van der Waals surface area contributed by atoms with Gasteiger partial charge in [-0.25, -0.2) is 0 Å². The van der Waals surface area contributed by atoms with Crippen molar-refractivity contribution in [1.82, 2.24) is 15.1 Å². The van der Waals surface area contributed by atoms with Gasteiger partial charge in [-0.15, -0.1) is 0 Å². The molecule has 1 fully saturated rings. The topological polar surface area (TPSA) is 44.8 Å². The monoisotopic (exact) mass is 271 g/mol. The maximum absolute atomic E-state index is 12.0. The summed E-state index contributed by atoms with van der Waals surface area (Å²) in [5.41, 5.74) is -0.615. The van der Waals surface area contributed by atoms with Crippen LogP contribution in [0.25, 0.3) is 0 Å². The van der Waals surface area contributed by atoms with Gasteiger partial charge >= 0.3 is 5.97 Å². The minimum atomic E-state index is -0.615. The van der Waals surface area contributed by atoms with E-state index in [1.807, 2.05) is 20.9 Å². The average Bonchev–Trinajstić information content (AvgIpc) is 2.39. The van der Waals surface area contributed by atoms with Crippen LogP contribution >= 0.6 is 0 Å². The summed E-state index contributed by atoms with van der Waals surface area (Å²) in [4.78, 5) is 16.8. The largest absolute Gasteiger partial charge is 0.465 e. The summed E-state index contributed by atoms with van der Waals surface area (Å²) < 4.78 is 5.16. The molecule has 1 saturated heterocycles. The van der Waals surface area contributed by atoms with Crippen LogP contribution in [0.3, 0.4) is 0 Å². The van der Waals surface area contributed by atoms with E-state index in [-0.39, 0.29) is 5.97 Å². The van der Waals surface area contributed by atoms with Crippen LogP contribution in [0.4, 0.5) is 0 Å². The fourth-order valence-electron chi connectivity index (χ4n) is 2.42. The second kappa shape index (κ2) is 7.22. The van der Waals surface area contributed by atoms with Gasteiger partial charge in [-0.1, -0.05) is 0 Å². The molecular weight excluding hydrogens is 242 g/mol. The van der Waals surface area contributed by atoms with Crippen molar-refractivity contribution >= 4 is 5.97 Å². The number of piperazine rings is 1. The number of nitrogens with zero attached hydrogens (tertiary/aromatic N) is 2. The highest BCUT2D eigenvalue weighted by Crippen LogP contribution is 2.12. The lowest BCUT2D eigenvalue weighted by atomic mass is 10.0. The molecule has 5 heteroatoms. The first-order chi connectivity index (χ1) is 8.92. The van der Waals surface area contributed by atoms with Gasteiger partial charge in [0.1, 0.15) is 5.54 Å². The summed E-state index contributed by atoms with van der Waals surface area (Å²) in [5, 5.41) is 3.11. The smallest absolute Gasteiger partial charge is 0.327 e. The predicted octanol–water partition coefficient (Wildman–Crippen LogP) is 0.554. The van der Waals surface area contributed by atoms with Gasteiger partial charge in [0.15, 0.2) is 0 Å². The van der Waals surface area contributed by atoms with E-state index in [1.54, 1.807) is 0 Å². The minimum absolute atomic E-state index is 0.163. The highest BCUT2D eigenvalue weighted by Gasteiger charge is 2.35. The van der Waals surface area contributed by atoms with Crippen LogP contribution in [-0.4, -0.2) is 73.7 Å². The number of hydrogen-bond donors (Lipinski definition) is 1. The van der Waals surface area contributed by atoms with E-state index in [1.165, 1.54) is 0 Å². The van der Waals surface area contributed by atoms with Crippen LogP contribution in [0.5, 0.6) is 0 Å². The first kappa shape index (κ1) is 16.4. The Bertz CT molecular complexity index is 288. The number of ether oxygens (including phenoxy) is 1. The number of carbonyl (C=O) groups excluding carboxylic acids is 1. The Morgan fingerprint density at radius 2 is 1.89 bits per heavy atom. The van der Waals surface area contributed by atoms with E-state index in [0.717, 1.165) is 26.2 Å². The molecule has 19 heavy (non-hydrogen) atoms. The lowest BCUT2D eigenvalue weighted by Gasteiger charge is -2.40. The zero-order chi connectivity index (χ0) is 14.5. The molecule has 1 aliphatic rings. The third-order valence-corrected chi connectivity index (χ3v) is 3.95. The highest BCUT2D eigenvalue weighted by atomic mass is 16.5. The Kier molecular flexibility index (Phi) is 6.23. The number of likely N-dealkylation sites (N-methyl/N-ethyl adjacent to an activating group) is 1. The van der Waals surface area contributed by atoms with Crippen LogP contribution in [0, 0.1) is 0 Å². The van der Waals surface area contributed by atoms with Crippen molar-refractivity contribution in [3.63, 3.8) is 0 Å². The summed E-state index contributed by atoms with van der Waals surface area (Å²) in [5.74, 6) is -0.163. The Morgan fingerprint density at radius 1 is 1.32 bits per heavy atom. The van der Waals surface area contributed by atoms with Gasteiger partial charge in [-0.05, 0) is 34.7 Å². The first-order valence-corrected chi connectivity index (χ1v) is 7.25. The van der Waals surface area contributed by atoms with Crippen molar-refractivity contribution in [2.75, 3.05) is 46.4 Å². The molecule has 0 radical (unpaired) electrons.